The highest BCUT2D eigenvalue weighted by Gasteiger charge is 2.11. The molecular formula is C23H21N5OS2. The van der Waals surface area contributed by atoms with Crippen molar-refractivity contribution in [3.05, 3.63) is 84.3 Å². The van der Waals surface area contributed by atoms with Crippen LogP contribution >= 0.6 is 23.1 Å². The number of nitrogens with one attached hydrogen (secondary N) is 1. The number of amides is 1. The Labute approximate surface area is 189 Å². The van der Waals surface area contributed by atoms with Crippen molar-refractivity contribution >= 4 is 35.1 Å². The number of para-hydroxylation sites is 1. The van der Waals surface area contributed by atoms with Crippen LogP contribution in [0.4, 0.5) is 0 Å². The van der Waals surface area contributed by atoms with Crippen molar-refractivity contribution in [2.45, 2.75) is 10.8 Å². The first kappa shape index (κ1) is 21.0. The molecule has 3 heterocycles. The predicted molar refractivity (Wildman–Crippen MR) is 126 cm³/mol. The molecule has 0 saturated carbocycles. The minimum Gasteiger partial charge on any atom is -0.353 e. The molecule has 8 heteroatoms. The van der Waals surface area contributed by atoms with Crippen LogP contribution in [0.3, 0.4) is 0 Å². The van der Waals surface area contributed by atoms with E-state index in [1.807, 2.05) is 58.7 Å². The van der Waals surface area contributed by atoms with Gasteiger partial charge >= 0.3 is 0 Å². The van der Waals surface area contributed by atoms with Crippen LogP contribution in [0.1, 0.15) is 12.0 Å². The summed E-state index contributed by atoms with van der Waals surface area (Å²) < 4.78 is 2.88. The minimum absolute atomic E-state index is 0.121. The molecular weight excluding hydrogens is 426 g/mol. The number of hydrogen-bond acceptors (Lipinski definition) is 6. The molecule has 6 nitrogen and oxygen atoms in total. The Morgan fingerprint density at radius 2 is 2.06 bits per heavy atom. The Morgan fingerprint density at radius 1 is 1.16 bits per heavy atom. The number of aromatic nitrogens is 4. The van der Waals surface area contributed by atoms with Crippen LogP contribution in [-0.4, -0.2) is 38.0 Å². The molecule has 31 heavy (non-hydrogen) atoms. The van der Waals surface area contributed by atoms with Crippen molar-refractivity contribution in [3.8, 4) is 16.9 Å². The zero-order chi connectivity index (χ0) is 21.3. The summed E-state index contributed by atoms with van der Waals surface area (Å²) in [6.45, 7) is 0.625. The maximum atomic E-state index is 12.3. The highest BCUT2D eigenvalue weighted by atomic mass is 32.2. The molecule has 1 aromatic carbocycles. The van der Waals surface area contributed by atoms with Gasteiger partial charge in [0.2, 0.25) is 5.91 Å². The van der Waals surface area contributed by atoms with Crippen molar-refractivity contribution in [2.75, 3.05) is 12.3 Å². The summed E-state index contributed by atoms with van der Waals surface area (Å²) in [5.74, 6) is 0.802. The van der Waals surface area contributed by atoms with E-state index >= 15 is 0 Å². The van der Waals surface area contributed by atoms with Gasteiger partial charge in [-0.3, -0.25) is 9.78 Å². The third-order valence-corrected chi connectivity index (χ3v) is 6.42. The SMILES string of the molecule is O=C(C=Cc1cn(-c2ccccc2)nc1-c1cccnc1)NCCCSc1nccs1. The quantitative estimate of drug-likeness (QED) is 0.229. The highest BCUT2D eigenvalue weighted by molar-refractivity contribution is 8.00. The second-order valence-electron chi connectivity index (χ2n) is 6.58. The zero-order valence-corrected chi connectivity index (χ0v) is 18.4. The van der Waals surface area contributed by atoms with E-state index in [2.05, 4.69) is 15.3 Å². The minimum atomic E-state index is -0.121. The monoisotopic (exact) mass is 447 g/mol. The molecule has 0 fully saturated rings. The molecule has 0 radical (unpaired) electrons. The number of nitrogens with zero attached hydrogens (tertiary/aromatic N) is 4. The molecule has 4 aromatic rings. The van der Waals surface area contributed by atoms with E-state index in [4.69, 9.17) is 5.10 Å². The van der Waals surface area contributed by atoms with Crippen molar-refractivity contribution in [3.63, 3.8) is 0 Å². The van der Waals surface area contributed by atoms with Crippen LogP contribution < -0.4 is 5.32 Å². The highest BCUT2D eigenvalue weighted by Crippen LogP contribution is 2.24. The van der Waals surface area contributed by atoms with Gasteiger partial charge in [0.25, 0.3) is 0 Å². The summed E-state index contributed by atoms with van der Waals surface area (Å²) in [6.07, 6.45) is 11.5. The molecule has 3 aromatic heterocycles. The average molecular weight is 448 g/mol. The van der Waals surface area contributed by atoms with Crippen LogP contribution in [-0.2, 0) is 4.79 Å². The van der Waals surface area contributed by atoms with Crippen molar-refractivity contribution in [1.82, 2.24) is 25.1 Å². The van der Waals surface area contributed by atoms with Gasteiger partial charge in [-0.2, -0.15) is 5.10 Å². The molecule has 0 saturated heterocycles. The third-order valence-electron chi connectivity index (χ3n) is 4.37. The number of rotatable bonds is 9. The van der Waals surface area contributed by atoms with Gasteiger partial charge in [0.15, 0.2) is 0 Å². The zero-order valence-electron chi connectivity index (χ0n) is 16.7. The van der Waals surface area contributed by atoms with Gasteiger partial charge in [-0.1, -0.05) is 30.0 Å². The molecule has 4 rings (SSSR count). The van der Waals surface area contributed by atoms with Gasteiger partial charge < -0.3 is 5.32 Å². The number of thiazole rings is 1. The smallest absolute Gasteiger partial charge is 0.244 e. The van der Waals surface area contributed by atoms with Crippen LogP contribution in [0, 0.1) is 0 Å². The fourth-order valence-corrected chi connectivity index (χ4v) is 4.55. The number of pyridine rings is 1. The summed E-state index contributed by atoms with van der Waals surface area (Å²) >= 11 is 3.34. The predicted octanol–water partition coefficient (Wildman–Crippen LogP) is 4.70. The molecule has 1 amide bonds. The fraction of sp³-hybridized carbons (Fsp3) is 0.130. The molecule has 0 aliphatic carbocycles. The molecule has 0 aliphatic heterocycles. The summed E-state index contributed by atoms with van der Waals surface area (Å²) in [6, 6.07) is 13.7. The van der Waals surface area contributed by atoms with E-state index in [1.165, 1.54) is 0 Å². The summed E-state index contributed by atoms with van der Waals surface area (Å²) in [5, 5.41) is 9.63. The van der Waals surface area contributed by atoms with Gasteiger partial charge in [0.1, 0.15) is 10.0 Å². The van der Waals surface area contributed by atoms with Crippen LogP contribution in [0.15, 0.2) is 83.0 Å². The van der Waals surface area contributed by atoms with Crippen molar-refractivity contribution < 1.29 is 4.79 Å². The Balaban J connectivity index is 1.41. The number of hydrogen-bond donors (Lipinski definition) is 1. The molecule has 0 atom stereocenters. The second-order valence-corrected chi connectivity index (χ2v) is 8.82. The van der Waals surface area contributed by atoms with Crippen LogP contribution in [0.2, 0.25) is 0 Å². The molecule has 0 aliphatic rings. The Bertz CT molecular complexity index is 1130. The van der Waals surface area contributed by atoms with Crippen LogP contribution in [0.25, 0.3) is 23.0 Å². The lowest BCUT2D eigenvalue weighted by molar-refractivity contribution is -0.116. The van der Waals surface area contributed by atoms with Gasteiger partial charge in [0.05, 0.1) is 5.69 Å². The Kier molecular flexibility index (Phi) is 7.25. The molecule has 156 valence electrons. The Morgan fingerprint density at radius 3 is 2.84 bits per heavy atom. The van der Waals surface area contributed by atoms with E-state index in [9.17, 15) is 4.79 Å². The first-order chi connectivity index (χ1) is 15.3. The molecule has 0 spiro atoms. The lowest BCUT2D eigenvalue weighted by Crippen LogP contribution is -2.22. The standard InChI is InChI=1S/C23H21N5OS2/c29-21(25-12-5-14-30-23-26-13-15-31-23)10-9-19-17-28(20-7-2-1-3-8-20)27-22(19)18-6-4-11-24-16-18/h1-4,6-11,13,15-17H,5,12,14H2,(H,25,29). The third kappa shape index (κ3) is 5.90. The summed E-state index contributed by atoms with van der Waals surface area (Å²) in [5.41, 5.74) is 3.48. The fourth-order valence-electron chi connectivity index (χ4n) is 2.90. The molecule has 0 unspecified atom stereocenters. The number of benzene rings is 1. The van der Waals surface area contributed by atoms with Gasteiger partial charge in [0, 0.05) is 59.7 Å². The van der Waals surface area contributed by atoms with E-state index in [0.29, 0.717) is 6.54 Å². The largest absolute Gasteiger partial charge is 0.353 e. The second kappa shape index (κ2) is 10.7. The number of carbonyl (C=O) groups excluding carboxylic acids is 1. The Hall–Kier alpha value is -3.23. The van der Waals surface area contributed by atoms with Crippen molar-refractivity contribution in [2.24, 2.45) is 0 Å². The topological polar surface area (TPSA) is 72.7 Å². The lowest BCUT2D eigenvalue weighted by atomic mass is 10.1. The first-order valence-corrected chi connectivity index (χ1v) is 11.7. The van der Waals surface area contributed by atoms with Gasteiger partial charge in [-0.05, 0) is 36.8 Å². The number of carbonyl (C=O) groups is 1. The average Bonchev–Trinajstić information content (AvgIpc) is 3.49. The summed E-state index contributed by atoms with van der Waals surface area (Å²) in [7, 11) is 0. The van der Waals surface area contributed by atoms with Gasteiger partial charge in [-0.15, -0.1) is 11.3 Å². The normalized spacial score (nSPS) is 11.1. The number of thioether (sulfide) groups is 1. The maximum absolute atomic E-state index is 12.3. The maximum Gasteiger partial charge on any atom is 0.244 e. The van der Waals surface area contributed by atoms with E-state index in [-0.39, 0.29) is 5.91 Å². The van der Waals surface area contributed by atoms with E-state index < -0.39 is 0 Å². The molecule has 0 bridgehead atoms. The lowest BCUT2D eigenvalue weighted by Gasteiger charge is -2.01. The van der Waals surface area contributed by atoms with E-state index in [1.54, 1.807) is 53.8 Å². The van der Waals surface area contributed by atoms with Gasteiger partial charge in [-0.25, -0.2) is 9.67 Å². The van der Waals surface area contributed by atoms with Crippen molar-refractivity contribution in [1.29, 1.82) is 0 Å². The summed E-state index contributed by atoms with van der Waals surface area (Å²) in [4.78, 5) is 20.7. The molecule has 1 N–H and O–H groups in total. The van der Waals surface area contributed by atoms with E-state index in [0.717, 1.165) is 39.0 Å². The first-order valence-electron chi connectivity index (χ1n) is 9.83. The van der Waals surface area contributed by atoms with Crippen LogP contribution in [0.5, 0.6) is 0 Å².